The number of hydrogen-bond acceptors (Lipinski definition) is 2. The Balaban J connectivity index is 2.07. The number of hydrogen-bond donors (Lipinski definition) is 2. The number of rotatable bonds is 2. The van der Waals surface area contributed by atoms with E-state index in [-0.39, 0.29) is 5.82 Å². The summed E-state index contributed by atoms with van der Waals surface area (Å²) in [5.74, 6) is 0.387. The van der Waals surface area contributed by atoms with Crippen molar-refractivity contribution >= 4 is 11.4 Å². The minimum Gasteiger partial charge on any atom is -0.397 e. The predicted octanol–water partition coefficient (Wildman–Crippen LogP) is 3.40. The summed E-state index contributed by atoms with van der Waals surface area (Å²) in [6.07, 6.45) is 5.03. The van der Waals surface area contributed by atoms with Crippen molar-refractivity contribution in [1.82, 2.24) is 0 Å². The van der Waals surface area contributed by atoms with E-state index in [1.807, 2.05) is 0 Å². The molecular formula is C13H19FN2. The van der Waals surface area contributed by atoms with Gasteiger partial charge in [-0.1, -0.05) is 19.8 Å². The van der Waals surface area contributed by atoms with Gasteiger partial charge in [0.25, 0.3) is 0 Å². The van der Waals surface area contributed by atoms with Crippen LogP contribution in [-0.4, -0.2) is 6.04 Å². The van der Waals surface area contributed by atoms with Crippen LogP contribution in [0.1, 0.15) is 32.6 Å². The van der Waals surface area contributed by atoms with Crippen LogP contribution in [-0.2, 0) is 0 Å². The molecule has 0 heterocycles. The van der Waals surface area contributed by atoms with Gasteiger partial charge >= 0.3 is 0 Å². The lowest BCUT2D eigenvalue weighted by Gasteiger charge is -2.30. The number of nitrogen functional groups attached to an aromatic ring is 1. The maximum Gasteiger partial charge on any atom is 0.125 e. The molecule has 3 heteroatoms. The molecule has 16 heavy (non-hydrogen) atoms. The molecule has 1 aromatic rings. The molecular weight excluding hydrogens is 203 g/mol. The molecule has 1 aliphatic rings. The third-order valence-corrected chi connectivity index (χ3v) is 3.47. The van der Waals surface area contributed by atoms with E-state index >= 15 is 0 Å². The lowest BCUT2D eigenvalue weighted by Crippen LogP contribution is -2.30. The molecule has 2 nitrogen and oxygen atoms in total. The number of halogens is 1. The van der Waals surface area contributed by atoms with Crippen LogP contribution in [0.15, 0.2) is 18.2 Å². The van der Waals surface area contributed by atoms with E-state index in [0.29, 0.717) is 17.6 Å². The predicted molar refractivity (Wildman–Crippen MR) is 65.9 cm³/mol. The lowest BCUT2D eigenvalue weighted by atomic mass is 9.86. The largest absolute Gasteiger partial charge is 0.397 e. The van der Waals surface area contributed by atoms with Gasteiger partial charge in [0.1, 0.15) is 5.82 Å². The zero-order valence-corrected chi connectivity index (χ0v) is 9.67. The average molecular weight is 222 g/mol. The Morgan fingerprint density at radius 3 is 2.75 bits per heavy atom. The minimum atomic E-state index is -0.278. The Labute approximate surface area is 96.0 Å². The summed E-state index contributed by atoms with van der Waals surface area (Å²) in [6.45, 7) is 2.26. The molecule has 1 aromatic carbocycles. The van der Waals surface area contributed by atoms with E-state index in [2.05, 4.69) is 12.2 Å². The average Bonchev–Trinajstić information content (AvgIpc) is 2.25. The van der Waals surface area contributed by atoms with Crippen molar-refractivity contribution in [2.45, 2.75) is 38.6 Å². The summed E-state index contributed by atoms with van der Waals surface area (Å²) in [7, 11) is 0. The Morgan fingerprint density at radius 2 is 2.06 bits per heavy atom. The molecule has 3 N–H and O–H groups in total. The first-order valence-corrected chi connectivity index (χ1v) is 5.98. The second-order valence-electron chi connectivity index (χ2n) is 4.74. The van der Waals surface area contributed by atoms with Gasteiger partial charge < -0.3 is 11.1 Å². The Morgan fingerprint density at radius 1 is 1.31 bits per heavy atom. The van der Waals surface area contributed by atoms with E-state index in [1.165, 1.54) is 37.8 Å². The second kappa shape index (κ2) is 4.73. The summed E-state index contributed by atoms with van der Waals surface area (Å²) in [4.78, 5) is 0. The van der Waals surface area contributed by atoms with Crippen molar-refractivity contribution in [1.29, 1.82) is 0 Å². The van der Waals surface area contributed by atoms with Gasteiger partial charge in [0.15, 0.2) is 0 Å². The highest BCUT2D eigenvalue weighted by atomic mass is 19.1. The second-order valence-corrected chi connectivity index (χ2v) is 4.74. The molecule has 0 radical (unpaired) electrons. The molecule has 0 bridgehead atoms. The zero-order chi connectivity index (χ0) is 11.5. The molecule has 0 aromatic heterocycles. The first kappa shape index (κ1) is 11.2. The van der Waals surface area contributed by atoms with Crippen LogP contribution in [0.3, 0.4) is 0 Å². The van der Waals surface area contributed by atoms with Crippen molar-refractivity contribution in [2.24, 2.45) is 5.92 Å². The van der Waals surface area contributed by atoms with Gasteiger partial charge in [0.2, 0.25) is 0 Å². The fourth-order valence-electron chi connectivity index (χ4n) is 2.40. The summed E-state index contributed by atoms with van der Waals surface area (Å²) in [6, 6.07) is 5.02. The quantitative estimate of drug-likeness (QED) is 0.753. The van der Waals surface area contributed by atoms with E-state index in [0.717, 1.165) is 5.69 Å². The molecule has 0 aliphatic heterocycles. The van der Waals surface area contributed by atoms with Gasteiger partial charge in [0, 0.05) is 6.04 Å². The van der Waals surface area contributed by atoms with Crippen LogP contribution in [0.4, 0.5) is 15.8 Å². The van der Waals surface area contributed by atoms with Crippen molar-refractivity contribution in [3.05, 3.63) is 24.0 Å². The van der Waals surface area contributed by atoms with E-state index < -0.39 is 0 Å². The number of anilines is 2. The SMILES string of the molecule is CC1CCCCC1Nc1ccc(F)cc1N. The van der Waals surface area contributed by atoms with Gasteiger partial charge in [-0.2, -0.15) is 0 Å². The van der Waals surface area contributed by atoms with Gasteiger partial charge in [-0.3, -0.25) is 0 Å². The van der Waals surface area contributed by atoms with Crippen LogP contribution in [0.2, 0.25) is 0 Å². The van der Waals surface area contributed by atoms with Crippen LogP contribution < -0.4 is 11.1 Å². The first-order valence-electron chi connectivity index (χ1n) is 5.98. The van der Waals surface area contributed by atoms with E-state index in [1.54, 1.807) is 6.07 Å². The monoisotopic (exact) mass is 222 g/mol. The van der Waals surface area contributed by atoms with Crippen molar-refractivity contribution in [3.63, 3.8) is 0 Å². The Hall–Kier alpha value is -1.25. The Kier molecular flexibility index (Phi) is 3.32. The highest BCUT2D eigenvalue weighted by Gasteiger charge is 2.21. The fourth-order valence-corrected chi connectivity index (χ4v) is 2.40. The van der Waals surface area contributed by atoms with Crippen molar-refractivity contribution in [2.75, 3.05) is 11.1 Å². The number of benzene rings is 1. The molecule has 2 atom stereocenters. The molecule has 1 aliphatic carbocycles. The third-order valence-electron chi connectivity index (χ3n) is 3.47. The van der Waals surface area contributed by atoms with Crippen LogP contribution in [0.25, 0.3) is 0 Å². The highest BCUT2D eigenvalue weighted by molar-refractivity contribution is 5.66. The normalized spacial score (nSPS) is 25.4. The minimum absolute atomic E-state index is 0.278. The van der Waals surface area contributed by atoms with Gasteiger partial charge in [-0.25, -0.2) is 4.39 Å². The zero-order valence-electron chi connectivity index (χ0n) is 9.67. The maximum absolute atomic E-state index is 12.9. The Bertz CT molecular complexity index is 365. The third kappa shape index (κ3) is 2.46. The first-order chi connectivity index (χ1) is 7.66. The fraction of sp³-hybridized carbons (Fsp3) is 0.538. The van der Waals surface area contributed by atoms with Gasteiger partial charge in [0.05, 0.1) is 11.4 Å². The summed E-state index contributed by atoms with van der Waals surface area (Å²) < 4.78 is 12.9. The van der Waals surface area contributed by atoms with Crippen LogP contribution in [0.5, 0.6) is 0 Å². The van der Waals surface area contributed by atoms with Crippen molar-refractivity contribution in [3.8, 4) is 0 Å². The molecule has 0 spiro atoms. The highest BCUT2D eigenvalue weighted by Crippen LogP contribution is 2.29. The molecule has 2 unspecified atom stereocenters. The molecule has 0 saturated heterocycles. The molecule has 1 saturated carbocycles. The lowest BCUT2D eigenvalue weighted by molar-refractivity contribution is 0.349. The molecule has 2 rings (SSSR count). The van der Waals surface area contributed by atoms with Gasteiger partial charge in [-0.05, 0) is 37.0 Å². The summed E-state index contributed by atoms with van der Waals surface area (Å²) >= 11 is 0. The van der Waals surface area contributed by atoms with Crippen LogP contribution in [0, 0.1) is 11.7 Å². The maximum atomic E-state index is 12.9. The van der Waals surface area contributed by atoms with E-state index in [4.69, 9.17) is 5.73 Å². The summed E-state index contributed by atoms with van der Waals surface area (Å²) in [5.41, 5.74) is 7.14. The smallest absolute Gasteiger partial charge is 0.125 e. The number of nitrogens with two attached hydrogens (primary N) is 1. The number of nitrogens with one attached hydrogen (secondary N) is 1. The molecule has 88 valence electrons. The van der Waals surface area contributed by atoms with Gasteiger partial charge in [-0.15, -0.1) is 0 Å². The molecule has 0 amide bonds. The topological polar surface area (TPSA) is 38.0 Å². The molecule has 1 fully saturated rings. The summed E-state index contributed by atoms with van der Waals surface area (Å²) in [5, 5.41) is 3.43. The standard InChI is InChI=1S/C13H19FN2/c1-9-4-2-3-5-12(9)16-13-7-6-10(14)8-11(13)15/h6-9,12,16H,2-5,15H2,1H3. The van der Waals surface area contributed by atoms with E-state index in [9.17, 15) is 4.39 Å². The van der Waals surface area contributed by atoms with Crippen molar-refractivity contribution < 1.29 is 4.39 Å². The van der Waals surface area contributed by atoms with Crippen LogP contribution >= 0.6 is 0 Å².